The number of aryl methyl sites for hydroxylation is 1. The fourth-order valence-electron chi connectivity index (χ4n) is 2.87. The first-order chi connectivity index (χ1) is 12.7. The Labute approximate surface area is 155 Å². The van der Waals surface area contributed by atoms with Crippen LogP contribution in [-0.4, -0.2) is 19.3 Å². The van der Waals surface area contributed by atoms with Gasteiger partial charge in [-0.1, -0.05) is 72.4 Å². The Balaban J connectivity index is 1.76. The summed E-state index contributed by atoms with van der Waals surface area (Å²) in [6, 6.07) is 20.2. The molecule has 2 heterocycles. The molecule has 0 aliphatic rings. The lowest BCUT2D eigenvalue weighted by atomic mass is 10.2. The van der Waals surface area contributed by atoms with Crippen molar-refractivity contribution in [3.63, 3.8) is 0 Å². The topological polar surface area (TPSA) is 52.7 Å². The smallest absolute Gasteiger partial charge is 0.280 e. The summed E-state index contributed by atoms with van der Waals surface area (Å²) in [7, 11) is 1.77. The summed E-state index contributed by atoms with van der Waals surface area (Å²) < 4.78 is 3.34. The highest BCUT2D eigenvalue weighted by molar-refractivity contribution is 7.98. The highest BCUT2D eigenvalue weighted by atomic mass is 32.2. The van der Waals surface area contributed by atoms with Crippen LogP contribution in [-0.2, 0) is 19.3 Å². The van der Waals surface area contributed by atoms with Gasteiger partial charge in [-0.05, 0) is 11.1 Å². The lowest BCUT2D eigenvalue weighted by Gasteiger charge is -2.12. The fourth-order valence-corrected chi connectivity index (χ4v) is 3.83. The summed E-state index contributed by atoms with van der Waals surface area (Å²) in [5.41, 5.74) is 3.38. The molecule has 0 unspecified atom stereocenters. The number of hydrogen-bond acceptors (Lipinski definition) is 4. The average Bonchev–Trinajstić information content (AvgIpc) is 3.05. The Morgan fingerprint density at radius 1 is 0.962 bits per heavy atom. The number of nitrogens with zero attached hydrogens (tertiary/aromatic N) is 4. The van der Waals surface area contributed by atoms with E-state index in [2.05, 4.69) is 17.2 Å². The Kier molecular flexibility index (Phi) is 4.58. The summed E-state index contributed by atoms with van der Waals surface area (Å²) in [6.07, 6.45) is 1.65. The van der Waals surface area contributed by atoms with Crippen molar-refractivity contribution < 1.29 is 0 Å². The van der Waals surface area contributed by atoms with Crippen LogP contribution in [0, 0.1) is 0 Å². The Bertz CT molecular complexity index is 1090. The summed E-state index contributed by atoms with van der Waals surface area (Å²) >= 11 is 1.57. The summed E-state index contributed by atoms with van der Waals surface area (Å²) in [5, 5.41) is 4.91. The van der Waals surface area contributed by atoms with E-state index in [4.69, 9.17) is 4.98 Å². The minimum atomic E-state index is -0.0607. The molecule has 0 fully saturated rings. The lowest BCUT2D eigenvalue weighted by Crippen LogP contribution is -2.25. The van der Waals surface area contributed by atoms with Gasteiger partial charge in [-0.2, -0.15) is 5.10 Å². The number of thioether (sulfide) groups is 1. The minimum Gasteiger partial charge on any atom is -0.281 e. The molecule has 130 valence electrons. The largest absolute Gasteiger partial charge is 0.281 e. The van der Waals surface area contributed by atoms with E-state index in [9.17, 15) is 4.79 Å². The van der Waals surface area contributed by atoms with E-state index in [1.165, 1.54) is 5.56 Å². The van der Waals surface area contributed by atoms with Crippen LogP contribution >= 0.6 is 11.8 Å². The number of fused-ring (bicyclic) bond motifs is 1. The van der Waals surface area contributed by atoms with E-state index < -0.39 is 0 Å². The van der Waals surface area contributed by atoms with Crippen LogP contribution < -0.4 is 5.56 Å². The van der Waals surface area contributed by atoms with Crippen LogP contribution in [0.2, 0.25) is 0 Å². The fraction of sp³-hybridized carbons (Fsp3) is 0.150. The Hall–Kier alpha value is -2.86. The van der Waals surface area contributed by atoms with Crippen molar-refractivity contribution in [1.82, 2.24) is 19.3 Å². The maximum Gasteiger partial charge on any atom is 0.280 e. The van der Waals surface area contributed by atoms with Crippen molar-refractivity contribution in [2.45, 2.75) is 17.5 Å². The highest BCUT2D eigenvalue weighted by Crippen LogP contribution is 2.22. The molecule has 0 radical (unpaired) electrons. The van der Waals surface area contributed by atoms with Crippen molar-refractivity contribution in [3.05, 3.63) is 88.3 Å². The first kappa shape index (κ1) is 16.6. The van der Waals surface area contributed by atoms with Crippen LogP contribution in [0.5, 0.6) is 0 Å². The van der Waals surface area contributed by atoms with Crippen LogP contribution in [0.3, 0.4) is 0 Å². The monoisotopic (exact) mass is 362 g/mol. The third-order valence-corrected chi connectivity index (χ3v) is 5.26. The molecule has 26 heavy (non-hydrogen) atoms. The van der Waals surface area contributed by atoms with E-state index in [1.807, 2.05) is 48.5 Å². The molecule has 0 spiro atoms. The molecule has 0 atom stereocenters. The first-order valence-corrected chi connectivity index (χ1v) is 9.34. The molecule has 6 heteroatoms. The van der Waals surface area contributed by atoms with Gasteiger partial charge in [-0.25, -0.2) is 4.98 Å². The molecular formula is C20H18N4OS. The van der Waals surface area contributed by atoms with E-state index in [0.29, 0.717) is 22.7 Å². The van der Waals surface area contributed by atoms with Gasteiger partial charge in [-0.15, -0.1) is 0 Å². The third kappa shape index (κ3) is 3.28. The molecular weight excluding hydrogens is 344 g/mol. The molecule has 4 aromatic rings. The zero-order valence-electron chi connectivity index (χ0n) is 14.4. The van der Waals surface area contributed by atoms with Crippen molar-refractivity contribution in [2.75, 3.05) is 0 Å². The van der Waals surface area contributed by atoms with E-state index in [1.54, 1.807) is 34.3 Å². The summed E-state index contributed by atoms with van der Waals surface area (Å²) in [6.45, 7) is 0.491. The first-order valence-electron chi connectivity index (χ1n) is 8.35. The second kappa shape index (κ2) is 7.17. The van der Waals surface area contributed by atoms with Gasteiger partial charge in [0.15, 0.2) is 10.7 Å². The van der Waals surface area contributed by atoms with Gasteiger partial charge < -0.3 is 0 Å². The third-order valence-electron chi connectivity index (χ3n) is 4.21. The molecule has 0 aliphatic heterocycles. The lowest BCUT2D eigenvalue weighted by molar-refractivity contribution is 0.651. The zero-order chi connectivity index (χ0) is 17.9. The Morgan fingerprint density at radius 3 is 2.31 bits per heavy atom. The quantitative estimate of drug-likeness (QED) is 0.403. The molecule has 0 saturated carbocycles. The summed E-state index contributed by atoms with van der Waals surface area (Å²) in [4.78, 5) is 17.8. The van der Waals surface area contributed by atoms with Crippen molar-refractivity contribution >= 4 is 22.8 Å². The minimum absolute atomic E-state index is 0.0607. The predicted molar refractivity (Wildman–Crippen MR) is 104 cm³/mol. The van der Waals surface area contributed by atoms with Gasteiger partial charge in [-0.3, -0.25) is 14.0 Å². The zero-order valence-corrected chi connectivity index (χ0v) is 15.2. The standard InChI is InChI=1S/C20H18N4OS/c1-23-18-17(12-21-23)22-20(26-14-16-10-6-3-7-11-16)24(19(18)25)13-15-8-4-2-5-9-15/h2-12H,13-14H2,1H3. The summed E-state index contributed by atoms with van der Waals surface area (Å²) in [5.74, 6) is 0.758. The van der Waals surface area contributed by atoms with Gasteiger partial charge in [0.1, 0.15) is 5.52 Å². The number of hydrogen-bond donors (Lipinski definition) is 0. The molecule has 4 rings (SSSR count). The second-order valence-electron chi connectivity index (χ2n) is 6.05. The molecule has 2 aromatic heterocycles. The van der Waals surface area contributed by atoms with Gasteiger partial charge in [0.25, 0.3) is 5.56 Å². The van der Waals surface area contributed by atoms with Crippen LogP contribution in [0.15, 0.2) is 76.8 Å². The molecule has 5 nitrogen and oxygen atoms in total. The van der Waals surface area contributed by atoms with Gasteiger partial charge in [0.2, 0.25) is 0 Å². The molecule has 0 saturated heterocycles. The number of benzene rings is 2. The SMILES string of the molecule is Cn1ncc2nc(SCc3ccccc3)n(Cc3ccccc3)c(=O)c21. The van der Waals surface area contributed by atoms with Gasteiger partial charge in [0, 0.05) is 12.8 Å². The molecule has 0 aliphatic carbocycles. The average molecular weight is 362 g/mol. The molecule has 0 N–H and O–H groups in total. The maximum atomic E-state index is 13.1. The second-order valence-corrected chi connectivity index (χ2v) is 6.99. The van der Waals surface area contributed by atoms with Crippen LogP contribution in [0.1, 0.15) is 11.1 Å². The van der Waals surface area contributed by atoms with Crippen LogP contribution in [0.25, 0.3) is 11.0 Å². The highest BCUT2D eigenvalue weighted by Gasteiger charge is 2.15. The van der Waals surface area contributed by atoms with Gasteiger partial charge in [0.05, 0.1) is 12.7 Å². The van der Waals surface area contributed by atoms with Crippen molar-refractivity contribution in [3.8, 4) is 0 Å². The van der Waals surface area contributed by atoms with Crippen molar-refractivity contribution in [2.24, 2.45) is 7.05 Å². The van der Waals surface area contributed by atoms with E-state index in [-0.39, 0.29) is 5.56 Å². The van der Waals surface area contributed by atoms with E-state index in [0.717, 1.165) is 11.3 Å². The number of aromatic nitrogens is 4. The van der Waals surface area contributed by atoms with Crippen LogP contribution in [0.4, 0.5) is 0 Å². The van der Waals surface area contributed by atoms with Crippen molar-refractivity contribution in [1.29, 1.82) is 0 Å². The Morgan fingerprint density at radius 2 is 1.62 bits per heavy atom. The number of rotatable bonds is 5. The maximum absolute atomic E-state index is 13.1. The molecule has 0 bridgehead atoms. The predicted octanol–water partition coefficient (Wildman–Crippen LogP) is 3.47. The molecule has 0 amide bonds. The molecule has 2 aromatic carbocycles. The van der Waals surface area contributed by atoms with E-state index >= 15 is 0 Å². The normalized spacial score (nSPS) is 11.1. The van der Waals surface area contributed by atoms with Gasteiger partial charge >= 0.3 is 0 Å².